The zero-order valence-corrected chi connectivity index (χ0v) is 16.9. The Morgan fingerprint density at radius 3 is 2.66 bits per heavy atom. The van der Waals surface area contributed by atoms with Crippen LogP contribution in [0.25, 0.3) is 0 Å². The normalized spacial score (nSPS) is 16.1. The van der Waals surface area contributed by atoms with Crippen molar-refractivity contribution >= 4 is 15.9 Å². The highest BCUT2D eigenvalue weighted by atomic mass is 32.2. The number of nitrogens with one attached hydrogen (secondary N) is 2. The van der Waals surface area contributed by atoms with E-state index in [0.29, 0.717) is 19.1 Å². The Hall–Kier alpha value is -2.52. The number of rotatable bonds is 6. The number of carbonyl (C=O) groups is 1. The Balaban J connectivity index is 1.59. The van der Waals surface area contributed by atoms with Crippen LogP contribution in [0.3, 0.4) is 0 Å². The third kappa shape index (κ3) is 4.91. The Morgan fingerprint density at radius 2 is 1.93 bits per heavy atom. The molecule has 1 amide bonds. The maximum Gasteiger partial charge on any atom is 0.240 e. The Labute approximate surface area is 168 Å². The van der Waals surface area contributed by atoms with Crippen molar-refractivity contribution in [1.29, 1.82) is 0 Å². The van der Waals surface area contributed by atoms with E-state index in [0.717, 1.165) is 34.6 Å². The monoisotopic (exact) mass is 424 g/mol. The fourth-order valence-corrected chi connectivity index (χ4v) is 4.36. The van der Waals surface area contributed by atoms with Crippen LogP contribution in [0, 0.1) is 25.5 Å². The SMILES string of the molecule is Cc1cc(C)c2c(c1)C(NC(=O)CCNS(=O)(=O)c1ccc(F)c(F)c1)CCO2. The lowest BCUT2D eigenvalue weighted by molar-refractivity contribution is -0.121. The van der Waals surface area contributed by atoms with Gasteiger partial charge < -0.3 is 10.1 Å². The maximum atomic E-state index is 13.3. The quantitative estimate of drug-likeness (QED) is 0.747. The van der Waals surface area contributed by atoms with E-state index in [1.54, 1.807) is 0 Å². The maximum absolute atomic E-state index is 13.3. The van der Waals surface area contributed by atoms with Crippen LogP contribution in [0.4, 0.5) is 8.78 Å². The molecular formula is C20H22F2N2O4S. The summed E-state index contributed by atoms with van der Waals surface area (Å²) in [4.78, 5) is 11.9. The third-order valence-corrected chi connectivity index (χ3v) is 6.12. The van der Waals surface area contributed by atoms with Crippen LogP contribution >= 0.6 is 0 Å². The minimum absolute atomic E-state index is 0.0968. The van der Waals surface area contributed by atoms with Crippen LogP contribution in [-0.2, 0) is 14.8 Å². The molecule has 0 aromatic heterocycles. The summed E-state index contributed by atoms with van der Waals surface area (Å²) in [7, 11) is -4.04. The molecule has 1 unspecified atom stereocenters. The number of aryl methyl sites for hydroxylation is 2. The van der Waals surface area contributed by atoms with Crippen LogP contribution in [0.1, 0.15) is 35.6 Å². The zero-order chi connectivity index (χ0) is 21.2. The number of hydrogen-bond donors (Lipinski definition) is 2. The van der Waals surface area contributed by atoms with E-state index in [1.807, 2.05) is 26.0 Å². The summed E-state index contributed by atoms with van der Waals surface area (Å²) in [6, 6.07) is 6.07. The van der Waals surface area contributed by atoms with E-state index in [2.05, 4.69) is 10.0 Å². The van der Waals surface area contributed by atoms with Gasteiger partial charge in [0.2, 0.25) is 15.9 Å². The van der Waals surface area contributed by atoms with Crippen molar-refractivity contribution in [2.45, 2.75) is 37.6 Å². The number of fused-ring (bicyclic) bond motifs is 1. The van der Waals surface area contributed by atoms with Crippen molar-refractivity contribution in [3.05, 3.63) is 58.7 Å². The van der Waals surface area contributed by atoms with Crippen LogP contribution < -0.4 is 14.8 Å². The Kier molecular flexibility index (Phi) is 6.18. The van der Waals surface area contributed by atoms with Crippen molar-refractivity contribution in [3.8, 4) is 5.75 Å². The standard InChI is InChI=1S/C20H22F2N2O4S/c1-12-9-13(2)20-15(10-12)18(6-8-28-20)24-19(25)5-7-23-29(26,27)14-3-4-16(21)17(22)11-14/h3-4,9-11,18,23H,5-8H2,1-2H3,(H,24,25). The molecule has 1 heterocycles. The first-order valence-corrected chi connectivity index (χ1v) is 10.6. The smallest absolute Gasteiger partial charge is 0.240 e. The van der Waals surface area contributed by atoms with Gasteiger partial charge in [0.15, 0.2) is 11.6 Å². The topological polar surface area (TPSA) is 84.5 Å². The molecular weight excluding hydrogens is 402 g/mol. The highest BCUT2D eigenvalue weighted by Gasteiger charge is 2.25. The molecule has 0 aliphatic carbocycles. The van der Waals surface area contributed by atoms with Crippen molar-refractivity contribution in [2.24, 2.45) is 0 Å². The minimum Gasteiger partial charge on any atom is -0.493 e. The van der Waals surface area contributed by atoms with Gasteiger partial charge in [0, 0.05) is 24.9 Å². The summed E-state index contributed by atoms with van der Waals surface area (Å²) in [5, 5.41) is 2.91. The van der Waals surface area contributed by atoms with Crippen molar-refractivity contribution in [3.63, 3.8) is 0 Å². The second-order valence-corrected chi connectivity index (χ2v) is 8.75. The lowest BCUT2D eigenvalue weighted by Gasteiger charge is -2.28. The molecule has 0 spiro atoms. The second-order valence-electron chi connectivity index (χ2n) is 6.98. The van der Waals surface area contributed by atoms with Gasteiger partial charge in [-0.15, -0.1) is 0 Å². The van der Waals surface area contributed by atoms with Crippen LogP contribution in [0.2, 0.25) is 0 Å². The lowest BCUT2D eigenvalue weighted by Crippen LogP contribution is -2.35. The van der Waals surface area contributed by atoms with Gasteiger partial charge in [0.1, 0.15) is 5.75 Å². The van der Waals surface area contributed by atoms with Gasteiger partial charge in [-0.3, -0.25) is 4.79 Å². The van der Waals surface area contributed by atoms with Crippen LogP contribution in [-0.4, -0.2) is 27.5 Å². The van der Waals surface area contributed by atoms with E-state index >= 15 is 0 Å². The molecule has 1 aliphatic heterocycles. The molecule has 0 saturated carbocycles. The molecule has 6 nitrogen and oxygen atoms in total. The molecule has 3 rings (SSSR count). The molecule has 0 saturated heterocycles. The number of amides is 1. The molecule has 29 heavy (non-hydrogen) atoms. The van der Waals surface area contributed by atoms with E-state index < -0.39 is 26.6 Å². The minimum atomic E-state index is -4.04. The summed E-state index contributed by atoms with van der Waals surface area (Å²) in [6.07, 6.45) is 0.516. The first-order valence-electron chi connectivity index (χ1n) is 9.15. The molecule has 9 heteroatoms. The fourth-order valence-electron chi connectivity index (χ4n) is 3.32. The molecule has 2 aromatic carbocycles. The number of halogens is 2. The number of ether oxygens (including phenoxy) is 1. The van der Waals surface area contributed by atoms with Gasteiger partial charge >= 0.3 is 0 Å². The Bertz CT molecular complexity index is 1040. The van der Waals surface area contributed by atoms with Crippen molar-refractivity contribution in [1.82, 2.24) is 10.0 Å². The average Bonchev–Trinajstić information content (AvgIpc) is 2.64. The summed E-state index contributed by atoms with van der Waals surface area (Å²) in [5.74, 6) is -1.94. The Morgan fingerprint density at radius 1 is 1.17 bits per heavy atom. The van der Waals surface area contributed by atoms with Gasteiger partial charge in [-0.25, -0.2) is 21.9 Å². The average molecular weight is 424 g/mol. The molecule has 1 atom stereocenters. The van der Waals surface area contributed by atoms with E-state index in [4.69, 9.17) is 4.74 Å². The first kappa shape index (κ1) is 21.2. The predicted octanol–water partition coefficient (Wildman–Crippen LogP) is 2.89. The van der Waals surface area contributed by atoms with Gasteiger partial charge in [0.05, 0.1) is 17.5 Å². The van der Waals surface area contributed by atoms with E-state index in [1.165, 1.54) is 0 Å². The van der Waals surface area contributed by atoms with Gasteiger partial charge in [-0.1, -0.05) is 17.7 Å². The number of benzene rings is 2. The highest BCUT2D eigenvalue weighted by molar-refractivity contribution is 7.89. The molecule has 0 fully saturated rings. The molecule has 2 aromatic rings. The molecule has 2 N–H and O–H groups in total. The lowest BCUT2D eigenvalue weighted by atomic mass is 9.95. The summed E-state index contributed by atoms with van der Waals surface area (Å²) in [5.41, 5.74) is 2.97. The molecule has 156 valence electrons. The molecule has 0 bridgehead atoms. The van der Waals surface area contributed by atoms with Crippen molar-refractivity contribution < 1.29 is 26.7 Å². The number of carbonyl (C=O) groups excluding carboxylic acids is 1. The first-order chi connectivity index (χ1) is 13.7. The third-order valence-electron chi connectivity index (χ3n) is 4.66. The summed E-state index contributed by atoms with van der Waals surface area (Å²) in [6.45, 7) is 4.22. The molecule has 1 aliphatic rings. The largest absolute Gasteiger partial charge is 0.493 e. The van der Waals surface area contributed by atoms with Crippen LogP contribution in [0.15, 0.2) is 35.2 Å². The fraction of sp³-hybridized carbons (Fsp3) is 0.350. The van der Waals surface area contributed by atoms with Gasteiger partial charge in [-0.2, -0.15) is 0 Å². The zero-order valence-electron chi connectivity index (χ0n) is 16.1. The van der Waals surface area contributed by atoms with Crippen molar-refractivity contribution in [2.75, 3.05) is 13.2 Å². The number of sulfonamides is 1. The van der Waals surface area contributed by atoms with E-state index in [-0.39, 0.29) is 24.9 Å². The highest BCUT2D eigenvalue weighted by Crippen LogP contribution is 2.35. The summed E-state index contributed by atoms with van der Waals surface area (Å²) < 4.78 is 58.5. The van der Waals surface area contributed by atoms with Crippen LogP contribution in [0.5, 0.6) is 5.75 Å². The van der Waals surface area contributed by atoms with E-state index in [9.17, 15) is 22.0 Å². The van der Waals surface area contributed by atoms with Gasteiger partial charge in [0.25, 0.3) is 0 Å². The molecule has 0 radical (unpaired) electrons. The summed E-state index contributed by atoms with van der Waals surface area (Å²) >= 11 is 0. The number of hydrogen-bond acceptors (Lipinski definition) is 4. The second kappa shape index (κ2) is 8.46. The van der Waals surface area contributed by atoms with Gasteiger partial charge in [-0.05, 0) is 37.6 Å². The predicted molar refractivity (Wildman–Crippen MR) is 103 cm³/mol.